The highest BCUT2D eigenvalue weighted by Crippen LogP contribution is 2.35. The van der Waals surface area contributed by atoms with Crippen LogP contribution in [0, 0.1) is 5.82 Å². The van der Waals surface area contributed by atoms with Gasteiger partial charge in [-0.25, -0.2) is 13.9 Å². The van der Waals surface area contributed by atoms with Crippen molar-refractivity contribution in [2.45, 2.75) is 37.8 Å². The SMILES string of the molecule is O=C(NC1CCCOC1)c1cnc2ccc(N3CCC[C@@H]3c3cccc(F)c3)nn12. The average Bonchev–Trinajstić information content (AvgIpc) is 3.41. The monoisotopic (exact) mass is 409 g/mol. The van der Waals surface area contributed by atoms with Gasteiger partial charge >= 0.3 is 0 Å². The second-order valence-corrected chi connectivity index (χ2v) is 7.90. The van der Waals surface area contributed by atoms with E-state index in [-0.39, 0.29) is 23.8 Å². The van der Waals surface area contributed by atoms with Crippen LogP contribution in [0.15, 0.2) is 42.6 Å². The Morgan fingerprint density at radius 1 is 1.20 bits per heavy atom. The standard InChI is InChI=1S/C22H24FN5O2/c23-16-5-1-4-15(12-16)18-7-2-10-27(18)21-9-8-20-24-13-19(28(20)26-21)22(29)25-17-6-3-11-30-14-17/h1,4-5,8-9,12-13,17-18H,2-3,6-7,10-11,14H2,(H,25,29)/t17?,18-/m1/s1. The molecular weight excluding hydrogens is 385 g/mol. The third kappa shape index (κ3) is 3.63. The number of carbonyl (C=O) groups is 1. The first-order chi connectivity index (χ1) is 14.7. The van der Waals surface area contributed by atoms with Gasteiger partial charge in [-0.3, -0.25) is 4.79 Å². The molecule has 0 bridgehead atoms. The van der Waals surface area contributed by atoms with Gasteiger partial charge in [-0.05, 0) is 55.5 Å². The highest BCUT2D eigenvalue weighted by Gasteiger charge is 2.28. The Bertz CT molecular complexity index is 1060. The van der Waals surface area contributed by atoms with Crippen molar-refractivity contribution in [3.05, 3.63) is 59.7 Å². The number of fused-ring (bicyclic) bond motifs is 1. The van der Waals surface area contributed by atoms with E-state index in [1.54, 1.807) is 22.8 Å². The van der Waals surface area contributed by atoms with Crippen molar-refractivity contribution in [2.24, 2.45) is 0 Å². The number of amides is 1. The average molecular weight is 409 g/mol. The summed E-state index contributed by atoms with van der Waals surface area (Å²) in [6.45, 7) is 2.11. The van der Waals surface area contributed by atoms with E-state index in [0.29, 0.717) is 17.9 Å². The number of hydrogen-bond acceptors (Lipinski definition) is 5. The smallest absolute Gasteiger partial charge is 0.271 e. The molecule has 0 radical (unpaired) electrons. The minimum absolute atomic E-state index is 0.0101. The van der Waals surface area contributed by atoms with Gasteiger partial charge in [0.1, 0.15) is 11.6 Å². The van der Waals surface area contributed by atoms with Crippen LogP contribution >= 0.6 is 0 Å². The summed E-state index contributed by atoms with van der Waals surface area (Å²) >= 11 is 0. The first-order valence-electron chi connectivity index (χ1n) is 10.4. The van der Waals surface area contributed by atoms with Crippen LogP contribution in [0.5, 0.6) is 0 Å². The first-order valence-corrected chi connectivity index (χ1v) is 10.4. The van der Waals surface area contributed by atoms with Gasteiger partial charge in [0.15, 0.2) is 11.3 Å². The van der Waals surface area contributed by atoms with Crippen LogP contribution in [0.4, 0.5) is 10.2 Å². The molecular formula is C22H24FN5O2. The number of nitrogens with zero attached hydrogens (tertiary/aromatic N) is 4. The van der Waals surface area contributed by atoms with Crippen molar-refractivity contribution < 1.29 is 13.9 Å². The maximum atomic E-state index is 13.8. The highest BCUT2D eigenvalue weighted by atomic mass is 19.1. The minimum Gasteiger partial charge on any atom is -0.379 e. The van der Waals surface area contributed by atoms with Crippen LogP contribution in [0.1, 0.15) is 47.8 Å². The van der Waals surface area contributed by atoms with E-state index in [2.05, 4.69) is 15.2 Å². The van der Waals surface area contributed by atoms with Crippen LogP contribution in [0.3, 0.4) is 0 Å². The minimum atomic E-state index is -0.233. The lowest BCUT2D eigenvalue weighted by atomic mass is 10.0. The molecule has 7 nitrogen and oxygen atoms in total. The van der Waals surface area contributed by atoms with Crippen LogP contribution < -0.4 is 10.2 Å². The Kier molecular flexibility index (Phi) is 5.08. The normalized spacial score (nSPS) is 21.8. The van der Waals surface area contributed by atoms with Crippen LogP contribution in [-0.4, -0.2) is 46.3 Å². The summed E-state index contributed by atoms with van der Waals surface area (Å²) in [6, 6.07) is 10.6. The van der Waals surface area contributed by atoms with Gasteiger partial charge in [0.25, 0.3) is 5.91 Å². The maximum Gasteiger partial charge on any atom is 0.271 e. The Morgan fingerprint density at radius 3 is 2.97 bits per heavy atom. The van der Waals surface area contributed by atoms with Crippen molar-refractivity contribution in [1.29, 1.82) is 0 Å². The quantitative estimate of drug-likeness (QED) is 0.717. The topological polar surface area (TPSA) is 71.8 Å². The zero-order valence-electron chi connectivity index (χ0n) is 16.6. The Balaban J connectivity index is 1.43. The van der Waals surface area contributed by atoms with Gasteiger partial charge in [-0.2, -0.15) is 0 Å². The lowest BCUT2D eigenvalue weighted by Gasteiger charge is -2.26. The Labute approximate surface area is 173 Å². The van der Waals surface area contributed by atoms with Gasteiger partial charge in [0.2, 0.25) is 0 Å². The van der Waals surface area contributed by atoms with Crippen LogP contribution in [0.25, 0.3) is 5.65 Å². The van der Waals surface area contributed by atoms with E-state index in [1.807, 2.05) is 18.2 Å². The molecule has 30 heavy (non-hydrogen) atoms. The molecule has 0 aliphatic carbocycles. The fourth-order valence-electron chi connectivity index (χ4n) is 4.39. The lowest BCUT2D eigenvalue weighted by molar-refractivity contribution is 0.0621. The number of benzene rings is 1. The summed E-state index contributed by atoms with van der Waals surface area (Å²) in [4.78, 5) is 19.3. The van der Waals surface area contributed by atoms with E-state index in [9.17, 15) is 9.18 Å². The molecule has 1 N–H and O–H groups in total. The maximum absolute atomic E-state index is 13.8. The highest BCUT2D eigenvalue weighted by molar-refractivity contribution is 5.93. The fraction of sp³-hybridized carbons (Fsp3) is 0.409. The van der Waals surface area contributed by atoms with Crippen molar-refractivity contribution in [3.8, 4) is 0 Å². The molecule has 2 aliphatic heterocycles. The number of imidazole rings is 1. The molecule has 2 fully saturated rings. The zero-order valence-corrected chi connectivity index (χ0v) is 16.6. The van der Waals surface area contributed by atoms with E-state index in [1.165, 1.54) is 6.07 Å². The van der Waals surface area contributed by atoms with E-state index in [4.69, 9.17) is 9.84 Å². The second-order valence-electron chi connectivity index (χ2n) is 7.90. The van der Waals surface area contributed by atoms with Crippen LogP contribution in [-0.2, 0) is 4.74 Å². The van der Waals surface area contributed by atoms with Crippen molar-refractivity contribution >= 4 is 17.4 Å². The van der Waals surface area contributed by atoms with E-state index < -0.39 is 0 Å². The van der Waals surface area contributed by atoms with E-state index in [0.717, 1.165) is 50.2 Å². The van der Waals surface area contributed by atoms with Crippen molar-refractivity contribution in [1.82, 2.24) is 19.9 Å². The molecule has 3 aromatic rings. The number of carbonyl (C=O) groups excluding carboxylic acids is 1. The lowest BCUT2D eigenvalue weighted by Crippen LogP contribution is -2.41. The van der Waals surface area contributed by atoms with Crippen molar-refractivity contribution in [3.63, 3.8) is 0 Å². The van der Waals surface area contributed by atoms with Gasteiger partial charge < -0.3 is 15.0 Å². The third-order valence-corrected chi connectivity index (χ3v) is 5.86. The largest absolute Gasteiger partial charge is 0.379 e. The fourth-order valence-corrected chi connectivity index (χ4v) is 4.39. The number of nitrogens with one attached hydrogen (secondary N) is 1. The second kappa shape index (κ2) is 8.02. The molecule has 2 aliphatic rings. The molecule has 1 amide bonds. The Morgan fingerprint density at radius 2 is 2.13 bits per heavy atom. The number of rotatable bonds is 4. The van der Waals surface area contributed by atoms with Gasteiger partial charge in [0, 0.05) is 13.2 Å². The zero-order chi connectivity index (χ0) is 20.5. The molecule has 2 aromatic heterocycles. The van der Waals surface area contributed by atoms with Crippen LogP contribution in [0.2, 0.25) is 0 Å². The van der Waals surface area contributed by atoms with Crippen molar-refractivity contribution in [2.75, 3.05) is 24.7 Å². The number of aromatic nitrogens is 3. The summed E-state index contributed by atoms with van der Waals surface area (Å²) in [5, 5.41) is 7.75. The summed E-state index contributed by atoms with van der Waals surface area (Å²) in [6.07, 6.45) is 5.34. The summed E-state index contributed by atoms with van der Waals surface area (Å²) < 4.78 is 20.8. The summed E-state index contributed by atoms with van der Waals surface area (Å²) in [5.74, 6) is 0.316. The summed E-state index contributed by atoms with van der Waals surface area (Å²) in [7, 11) is 0. The summed E-state index contributed by atoms with van der Waals surface area (Å²) in [5.41, 5.74) is 1.96. The molecule has 156 valence electrons. The molecule has 5 rings (SSSR count). The third-order valence-electron chi connectivity index (χ3n) is 5.86. The molecule has 8 heteroatoms. The molecule has 0 spiro atoms. The predicted molar refractivity (Wildman–Crippen MR) is 110 cm³/mol. The van der Waals surface area contributed by atoms with Gasteiger partial charge in [-0.15, -0.1) is 5.10 Å². The molecule has 2 saturated heterocycles. The number of ether oxygens (including phenoxy) is 1. The predicted octanol–water partition coefficient (Wildman–Crippen LogP) is 3.12. The molecule has 2 atom stereocenters. The molecule has 0 saturated carbocycles. The first kappa shape index (κ1) is 19.0. The number of anilines is 1. The number of hydrogen-bond donors (Lipinski definition) is 1. The van der Waals surface area contributed by atoms with Gasteiger partial charge in [0.05, 0.1) is 24.9 Å². The van der Waals surface area contributed by atoms with E-state index >= 15 is 0 Å². The molecule has 1 aromatic carbocycles. The molecule has 1 unspecified atom stereocenters. The number of halogens is 1. The van der Waals surface area contributed by atoms with Gasteiger partial charge in [-0.1, -0.05) is 12.1 Å². The Hall–Kier alpha value is -3.00. The molecule has 4 heterocycles.